The van der Waals surface area contributed by atoms with Gasteiger partial charge in [-0.3, -0.25) is 9.10 Å². The fraction of sp³-hybridized carbons (Fsp3) is 0.190. The molecule has 28 heavy (non-hydrogen) atoms. The molecule has 5 nitrogen and oxygen atoms in total. The van der Waals surface area contributed by atoms with Crippen molar-refractivity contribution in [1.29, 1.82) is 0 Å². The Morgan fingerprint density at radius 3 is 2.46 bits per heavy atom. The van der Waals surface area contributed by atoms with Crippen molar-refractivity contribution in [1.82, 2.24) is 0 Å². The largest absolute Gasteiger partial charge is 0.324 e. The maximum absolute atomic E-state index is 12.8. The molecule has 1 aliphatic carbocycles. The van der Waals surface area contributed by atoms with E-state index in [1.807, 2.05) is 24.3 Å². The number of hydrogen-bond acceptors (Lipinski definition) is 3. The molecule has 0 aliphatic heterocycles. The van der Waals surface area contributed by atoms with Crippen molar-refractivity contribution in [2.75, 3.05) is 22.4 Å². The highest BCUT2D eigenvalue weighted by molar-refractivity contribution is 9.10. The van der Waals surface area contributed by atoms with E-state index in [-0.39, 0.29) is 12.5 Å². The molecule has 0 unspecified atom stereocenters. The van der Waals surface area contributed by atoms with Crippen molar-refractivity contribution >= 4 is 54.0 Å². The SMILES string of the molecule is CS(=O)(=O)N(CC(=O)Nc1ccc2c3c(cccc13)CC2)c1ccccc1Br. The van der Waals surface area contributed by atoms with Crippen LogP contribution < -0.4 is 9.62 Å². The van der Waals surface area contributed by atoms with Crippen LogP contribution in [0.25, 0.3) is 10.8 Å². The minimum atomic E-state index is -3.63. The lowest BCUT2D eigenvalue weighted by Gasteiger charge is -2.23. The average Bonchev–Trinajstić information content (AvgIpc) is 3.07. The smallest absolute Gasteiger partial charge is 0.245 e. The van der Waals surface area contributed by atoms with Crippen LogP contribution in [0.4, 0.5) is 11.4 Å². The second-order valence-corrected chi connectivity index (χ2v) is 9.64. The second-order valence-electron chi connectivity index (χ2n) is 6.88. The summed E-state index contributed by atoms with van der Waals surface area (Å²) in [7, 11) is -3.63. The fourth-order valence-electron chi connectivity index (χ4n) is 3.71. The summed E-state index contributed by atoms with van der Waals surface area (Å²) in [6, 6.07) is 17.0. The molecule has 1 amide bonds. The van der Waals surface area contributed by atoms with Gasteiger partial charge in [0.05, 0.1) is 11.9 Å². The van der Waals surface area contributed by atoms with Gasteiger partial charge < -0.3 is 5.32 Å². The zero-order chi connectivity index (χ0) is 19.9. The van der Waals surface area contributed by atoms with Crippen LogP contribution >= 0.6 is 15.9 Å². The number of carbonyl (C=O) groups is 1. The van der Waals surface area contributed by atoms with Crippen molar-refractivity contribution in [3.63, 3.8) is 0 Å². The van der Waals surface area contributed by atoms with Gasteiger partial charge in [0, 0.05) is 15.5 Å². The van der Waals surface area contributed by atoms with Crippen molar-refractivity contribution in [2.24, 2.45) is 0 Å². The molecule has 0 radical (unpaired) electrons. The van der Waals surface area contributed by atoms with Crippen LogP contribution in [0.2, 0.25) is 0 Å². The number of carbonyl (C=O) groups excluding carboxylic acids is 1. The molecule has 144 valence electrons. The Labute approximate surface area is 172 Å². The molecule has 0 heterocycles. The van der Waals surface area contributed by atoms with E-state index in [0.29, 0.717) is 15.8 Å². The van der Waals surface area contributed by atoms with E-state index in [2.05, 4.69) is 27.3 Å². The summed E-state index contributed by atoms with van der Waals surface area (Å²) in [6.45, 7) is -0.301. The van der Waals surface area contributed by atoms with Crippen molar-refractivity contribution in [2.45, 2.75) is 12.8 Å². The van der Waals surface area contributed by atoms with Gasteiger partial charge in [0.25, 0.3) is 0 Å². The summed E-state index contributed by atoms with van der Waals surface area (Å²) in [5.74, 6) is -0.389. The third kappa shape index (κ3) is 3.52. The van der Waals surface area contributed by atoms with Gasteiger partial charge in [0.15, 0.2) is 0 Å². The lowest BCUT2D eigenvalue weighted by atomic mass is 10.0. The molecule has 0 saturated carbocycles. The zero-order valence-electron chi connectivity index (χ0n) is 15.3. The van der Waals surface area contributed by atoms with E-state index in [9.17, 15) is 13.2 Å². The topological polar surface area (TPSA) is 66.5 Å². The third-order valence-corrected chi connectivity index (χ3v) is 6.76. The van der Waals surface area contributed by atoms with Gasteiger partial charge in [0.2, 0.25) is 15.9 Å². The first-order valence-electron chi connectivity index (χ1n) is 8.90. The lowest BCUT2D eigenvalue weighted by Crippen LogP contribution is -2.37. The summed E-state index contributed by atoms with van der Waals surface area (Å²) in [4.78, 5) is 12.8. The van der Waals surface area contributed by atoms with E-state index in [1.54, 1.807) is 24.3 Å². The van der Waals surface area contributed by atoms with Gasteiger partial charge in [-0.25, -0.2) is 8.42 Å². The molecule has 0 fully saturated rings. The number of rotatable bonds is 5. The highest BCUT2D eigenvalue weighted by Crippen LogP contribution is 2.35. The van der Waals surface area contributed by atoms with E-state index in [1.165, 1.54) is 16.5 Å². The Bertz CT molecular complexity index is 1180. The Hall–Kier alpha value is -2.38. The van der Waals surface area contributed by atoms with Crippen molar-refractivity contribution < 1.29 is 13.2 Å². The molecule has 0 saturated heterocycles. The van der Waals surface area contributed by atoms with Crippen LogP contribution in [-0.4, -0.2) is 27.1 Å². The van der Waals surface area contributed by atoms with Crippen molar-refractivity contribution in [3.8, 4) is 0 Å². The number of anilines is 2. The number of nitrogens with one attached hydrogen (secondary N) is 1. The van der Waals surface area contributed by atoms with Crippen LogP contribution in [-0.2, 0) is 27.7 Å². The second kappa shape index (κ2) is 7.22. The first kappa shape index (κ1) is 19.0. The van der Waals surface area contributed by atoms with E-state index < -0.39 is 10.0 Å². The van der Waals surface area contributed by atoms with Gasteiger partial charge in [-0.05, 0) is 63.5 Å². The quantitative estimate of drug-likeness (QED) is 0.625. The van der Waals surface area contributed by atoms with E-state index in [0.717, 1.165) is 28.8 Å². The number of halogens is 1. The minimum absolute atomic E-state index is 0.301. The molecule has 3 aromatic carbocycles. The van der Waals surface area contributed by atoms with Crippen molar-refractivity contribution in [3.05, 3.63) is 70.2 Å². The monoisotopic (exact) mass is 458 g/mol. The summed E-state index contributed by atoms with van der Waals surface area (Å²) in [6.07, 6.45) is 3.11. The summed E-state index contributed by atoms with van der Waals surface area (Å²) < 4.78 is 26.3. The zero-order valence-corrected chi connectivity index (χ0v) is 17.7. The Kier molecular flexibility index (Phi) is 4.89. The Balaban J connectivity index is 1.64. The first-order chi connectivity index (χ1) is 13.3. The summed E-state index contributed by atoms with van der Waals surface area (Å²) >= 11 is 3.36. The standard InChI is InChI=1S/C21H19BrN2O3S/c1-28(26,27)24(19-8-3-2-7-17(19)22)13-20(25)23-18-12-11-15-10-9-14-5-4-6-16(18)21(14)15/h2-8,11-12H,9-10,13H2,1H3,(H,23,25). The molecule has 1 aliphatic rings. The number of para-hydroxylation sites is 1. The van der Waals surface area contributed by atoms with Gasteiger partial charge in [-0.15, -0.1) is 0 Å². The third-order valence-electron chi connectivity index (χ3n) is 4.96. The number of hydrogen-bond donors (Lipinski definition) is 1. The van der Waals surface area contributed by atoms with Gasteiger partial charge in [-0.1, -0.05) is 36.4 Å². The fourth-order valence-corrected chi connectivity index (χ4v) is 5.20. The van der Waals surface area contributed by atoms with Crippen LogP contribution in [0.15, 0.2) is 59.1 Å². The number of amides is 1. The molecule has 0 atom stereocenters. The predicted molar refractivity (Wildman–Crippen MR) is 116 cm³/mol. The minimum Gasteiger partial charge on any atom is -0.324 e. The molecular weight excluding hydrogens is 440 g/mol. The maximum atomic E-state index is 12.8. The first-order valence-corrected chi connectivity index (χ1v) is 11.5. The maximum Gasteiger partial charge on any atom is 0.245 e. The van der Waals surface area contributed by atoms with Crippen LogP contribution in [0.3, 0.4) is 0 Å². The molecule has 1 N–H and O–H groups in total. The highest BCUT2D eigenvalue weighted by Gasteiger charge is 2.23. The summed E-state index contributed by atoms with van der Waals surface area (Å²) in [5.41, 5.74) is 3.71. The number of benzene rings is 3. The number of nitrogens with zero attached hydrogens (tertiary/aromatic N) is 1. The molecule has 0 bridgehead atoms. The normalized spacial score (nSPS) is 12.9. The van der Waals surface area contributed by atoms with E-state index in [4.69, 9.17) is 0 Å². The molecule has 0 aromatic heterocycles. The molecular formula is C21H19BrN2O3S. The van der Waals surface area contributed by atoms with Gasteiger partial charge >= 0.3 is 0 Å². The average molecular weight is 459 g/mol. The number of aryl methyl sites for hydroxylation is 2. The van der Waals surface area contributed by atoms with Crippen LogP contribution in [0.1, 0.15) is 11.1 Å². The van der Waals surface area contributed by atoms with Crippen LogP contribution in [0.5, 0.6) is 0 Å². The van der Waals surface area contributed by atoms with Crippen LogP contribution in [0, 0.1) is 0 Å². The Morgan fingerprint density at radius 2 is 1.75 bits per heavy atom. The van der Waals surface area contributed by atoms with Gasteiger partial charge in [0.1, 0.15) is 6.54 Å². The predicted octanol–water partition coefficient (Wildman–Crippen LogP) is 4.11. The molecule has 7 heteroatoms. The Morgan fingerprint density at radius 1 is 1.04 bits per heavy atom. The molecule has 0 spiro atoms. The summed E-state index contributed by atoms with van der Waals surface area (Å²) in [5, 5.41) is 5.09. The molecule has 4 rings (SSSR count). The lowest BCUT2D eigenvalue weighted by molar-refractivity contribution is -0.114. The highest BCUT2D eigenvalue weighted by atomic mass is 79.9. The molecule has 3 aromatic rings. The van der Waals surface area contributed by atoms with E-state index >= 15 is 0 Å². The number of sulfonamides is 1. The van der Waals surface area contributed by atoms with Gasteiger partial charge in [-0.2, -0.15) is 0 Å².